The van der Waals surface area contributed by atoms with Gasteiger partial charge in [-0.2, -0.15) is 0 Å². The van der Waals surface area contributed by atoms with Crippen molar-refractivity contribution in [2.24, 2.45) is 11.8 Å². The molecule has 2 aromatic rings. The van der Waals surface area contributed by atoms with E-state index in [4.69, 9.17) is 4.74 Å². The third-order valence-electron chi connectivity index (χ3n) is 5.06. The highest BCUT2D eigenvalue weighted by atomic mass is 32.1. The van der Waals surface area contributed by atoms with Gasteiger partial charge >= 0.3 is 0 Å². The molecule has 0 aromatic heterocycles. The summed E-state index contributed by atoms with van der Waals surface area (Å²) in [6, 6.07) is 14.7. The van der Waals surface area contributed by atoms with Gasteiger partial charge in [0.25, 0.3) is 0 Å². The molecule has 0 aliphatic heterocycles. The minimum absolute atomic E-state index is 0.109. The smallest absolute Gasteiger partial charge is 0.242 e. The summed E-state index contributed by atoms with van der Waals surface area (Å²) < 4.78 is 5.19. The van der Waals surface area contributed by atoms with E-state index in [1.807, 2.05) is 48.5 Å². The molecule has 162 valence electrons. The maximum absolute atomic E-state index is 13.2. The van der Waals surface area contributed by atoms with Crippen LogP contribution in [0.5, 0.6) is 5.75 Å². The Hall–Kier alpha value is -2.47. The van der Waals surface area contributed by atoms with Crippen LogP contribution in [0.1, 0.15) is 31.4 Å². The average molecular weight is 429 g/mol. The molecule has 6 heteroatoms. The highest BCUT2D eigenvalue weighted by molar-refractivity contribution is 7.80. The van der Waals surface area contributed by atoms with Crippen molar-refractivity contribution < 1.29 is 14.3 Å². The van der Waals surface area contributed by atoms with E-state index >= 15 is 0 Å². The van der Waals surface area contributed by atoms with Crippen molar-refractivity contribution in [2.45, 2.75) is 44.0 Å². The van der Waals surface area contributed by atoms with Crippen LogP contribution in [0.2, 0.25) is 0 Å². The predicted octanol–water partition coefficient (Wildman–Crippen LogP) is 3.66. The van der Waals surface area contributed by atoms with Gasteiger partial charge in [-0.05, 0) is 48.1 Å². The number of hydrogen-bond acceptors (Lipinski definition) is 4. The summed E-state index contributed by atoms with van der Waals surface area (Å²) in [4.78, 5) is 26.5. The summed E-state index contributed by atoms with van der Waals surface area (Å²) in [6.07, 6.45) is 1.73. The standard InChI is InChI=1S/C24H32N2O3S/c1-16(2)13-19(15-18-7-5-6-8-22(18)30)23(27)26-21(24(28)25-3)14-17-9-11-20(29-4)12-10-17/h5-12,16,19,21,30H,13-15H2,1-4H3,(H,25,28)(H,26,27). The second-order valence-corrected chi connectivity index (χ2v) is 8.37. The summed E-state index contributed by atoms with van der Waals surface area (Å²) in [6.45, 7) is 4.20. The largest absolute Gasteiger partial charge is 0.497 e. The van der Waals surface area contributed by atoms with Crippen molar-refractivity contribution in [3.05, 3.63) is 59.7 Å². The van der Waals surface area contributed by atoms with Crippen LogP contribution < -0.4 is 15.4 Å². The first-order valence-electron chi connectivity index (χ1n) is 10.3. The molecule has 0 fully saturated rings. The molecule has 30 heavy (non-hydrogen) atoms. The highest BCUT2D eigenvalue weighted by Crippen LogP contribution is 2.22. The number of benzene rings is 2. The first kappa shape index (κ1) is 23.8. The molecular weight excluding hydrogens is 396 g/mol. The Morgan fingerprint density at radius 1 is 1.00 bits per heavy atom. The topological polar surface area (TPSA) is 67.4 Å². The van der Waals surface area contributed by atoms with Crippen LogP contribution >= 0.6 is 12.6 Å². The lowest BCUT2D eigenvalue weighted by Crippen LogP contribution is -2.49. The van der Waals surface area contributed by atoms with Gasteiger partial charge < -0.3 is 15.4 Å². The highest BCUT2D eigenvalue weighted by Gasteiger charge is 2.26. The van der Waals surface area contributed by atoms with E-state index in [1.54, 1.807) is 14.2 Å². The Bertz CT molecular complexity index is 837. The number of likely N-dealkylation sites (N-methyl/N-ethyl adjacent to an activating group) is 1. The van der Waals surface area contributed by atoms with E-state index in [0.717, 1.165) is 28.2 Å². The van der Waals surface area contributed by atoms with Gasteiger partial charge in [-0.15, -0.1) is 12.6 Å². The second-order valence-electron chi connectivity index (χ2n) is 7.89. The quantitative estimate of drug-likeness (QED) is 0.506. The SMILES string of the molecule is CNC(=O)C(Cc1ccc(OC)cc1)NC(=O)C(Cc1ccccc1S)CC(C)C. The zero-order chi connectivity index (χ0) is 22.1. The average Bonchev–Trinajstić information content (AvgIpc) is 2.73. The number of amides is 2. The van der Waals surface area contributed by atoms with Crippen molar-refractivity contribution >= 4 is 24.4 Å². The zero-order valence-electron chi connectivity index (χ0n) is 18.1. The first-order valence-corrected chi connectivity index (χ1v) is 10.7. The van der Waals surface area contributed by atoms with Crippen LogP contribution in [0.4, 0.5) is 0 Å². The van der Waals surface area contributed by atoms with E-state index in [-0.39, 0.29) is 17.7 Å². The lowest BCUT2D eigenvalue weighted by Gasteiger charge is -2.23. The third kappa shape index (κ3) is 7.10. The van der Waals surface area contributed by atoms with Crippen molar-refractivity contribution in [3.8, 4) is 5.75 Å². The molecule has 0 radical (unpaired) electrons. The summed E-state index contributed by atoms with van der Waals surface area (Å²) in [5, 5.41) is 5.64. The minimum Gasteiger partial charge on any atom is -0.497 e. The number of ether oxygens (including phenoxy) is 1. The number of hydrogen-bond donors (Lipinski definition) is 3. The van der Waals surface area contributed by atoms with Gasteiger partial charge in [0.15, 0.2) is 0 Å². The zero-order valence-corrected chi connectivity index (χ0v) is 19.0. The van der Waals surface area contributed by atoms with Gasteiger partial charge in [0.05, 0.1) is 7.11 Å². The van der Waals surface area contributed by atoms with Crippen LogP contribution in [-0.4, -0.2) is 32.0 Å². The van der Waals surface area contributed by atoms with Crippen molar-refractivity contribution in [3.63, 3.8) is 0 Å². The van der Waals surface area contributed by atoms with Crippen LogP contribution in [0.15, 0.2) is 53.4 Å². The van der Waals surface area contributed by atoms with Gasteiger partial charge in [-0.25, -0.2) is 0 Å². The van der Waals surface area contributed by atoms with Crippen LogP contribution in [0.3, 0.4) is 0 Å². The van der Waals surface area contributed by atoms with E-state index in [9.17, 15) is 9.59 Å². The van der Waals surface area contributed by atoms with Crippen molar-refractivity contribution in [1.82, 2.24) is 10.6 Å². The predicted molar refractivity (Wildman–Crippen MR) is 123 cm³/mol. The first-order chi connectivity index (χ1) is 14.3. The molecule has 0 aliphatic rings. The van der Waals surface area contributed by atoms with E-state index in [2.05, 4.69) is 37.1 Å². The van der Waals surface area contributed by atoms with Crippen LogP contribution in [0.25, 0.3) is 0 Å². The van der Waals surface area contributed by atoms with E-state index in [1.165, 1.54) is 0 Å². The fourth-order valence-electron chi connectivity index (χ4n) is 3.47. The number of thiol groups is 1. The molecule has 2 aromatic carbocycles. The summed E-state index contributed by atoms with van der Waals surface area (Å²) in [5.74, 6) is 0.551. The second kappa shape index (κ2) is 11.6. The van der Waals surface area contributed by atoms with E-state index < -0.39 is 6.04 Å². The lowest BCUT2D eigenvalue weighted by atomic mass is 9.89. The maximum Gasteiger partial charge on any atom is 0.242 e. The fourth-order valence-corrected chi connectivity index (χ4v) is 3.72. The number of rotatable bonds is 10. The van der Waals surface area contributed by atoms with E-state index in [0.29, 0.717) is 18.8 Å². The Kier molecular flexibility index (Phi) is 9.24. The normalized spacial score (nSPS) is 12.9. The Balaban J connectivity index is 2.16. The maximum atomic E-state index is 13.2. The van der Waals surface area contributed by atoms with Gasteiger partial charge in [-0.3, -0.25) is 9.59 Å². The van der Waals surface area contributed by atoms with Gasteiger partial charge in [-0.1, -0.05) is 44.2 Å². The fraction of sp³-hybridized carbons (Fsp3) is 0.417. The number of methoxy groups -OCH3 is 1. The number of carbonyl (C=O) groups is 2. The molecule has 2 atom stereocenters. The molecular formula is C24H32N2O3S. The summed E-state index contributed by atoms with van der Waals surface area (Å²) in [5.41, 5.74) is 1.99. The molecule has 0 bridgehead atoms. The molecule has 0 saturated heterocycles. The Labute approximate surface area is 185 Å². The molecule has 2 N–H and O–H groups in total. The molecule has 5 nitrogen and oxygen atoms in total. The van der Waals surface area contributed by atoms with Crippen LogP contribution in [0, 0.1) is 11.8 Å². The Morgan fingerprint density at radius 2 is 1.67 bits per heavy atom. The van der Waals surface area contributed by atoms with Crippen molar-refractivity contribution in [1.29, 1.82) is 0 Å². The van der Waals surface area contributed by atoms with Crippen LogP contribution in [-0.2, 0) is 22.4 Å². The summed E-state index contributed by atoms with van der Waals surface area (Å²) in [7, 11) is 3.19. The minimum atomic E-state index is -0.642. The van der Waals surface area contributed by atoms with Crippen molar-refractivity contribution in [2.75, 3.05) is 14.2 Å². The van der Waals surface area contributed by atoms with Gasteiger partial charge in [0, 0.05) is 24.3 Å². The molecule has 0 saturated carbocycles. The monoisotopic (exact) mass is 428 g/mol. The molecule has 0 heterocycles. The number of nitrogens with one attached hydrogen (secondary N) is 2. The lowest BCUT2D eigenvalue weighted by molar-refractivity contribution is -0.131. The molecule has 0 spiro atoms. The molecule has 0 aliphatic carbocycles. The Morgan fingerprint density at radius 3 is 2.23 bits per heavy atom. The molecule has 2 rings (SSSR count). The molecule has 2 unspecified atom stereocenters. The third-order valence-corrected chi connectivity index (χ3v) is 5.50. The van der Waals surface area contributed by atoms with Gasteiger partial charge in [0.1, 0.15) is 11.8 Å². The summed E-state index contributed by atoms with van der Waals surface area (Å²) >= 11 is 4.53. The van der Waals surface area contributed by atoms with Gasteiger partial charge in [0.2, 0.25) is 11.8 Å². The molecule has 2 amide bonds. The number of carbonyl (C=O) groups excluding carboxylic acids is 2.